The predicted molar refractivity (Wildman–Crippen MR) is 115 cm³/mol. The van der Waals surface area contributed by atoms with Crippen LogP contribution in [0, 0.1) is 16.2 Å². The number of benzene rings is 1. The van der Waals surface area contributed by atoms with Gasteiger partial charge in [-0.15, -0.1) is 0 Å². The standard InChI is InChI=1S/C19H15BrN6.CH3NO/c20-12-1-2-13-15(17-14-3-6-23-18(14)25-11-24-17)8-26(16(13)7-12)19(4-5-21)9-22-10-19;1-2-3/h1-3,6-8,11,22H,4,9-10H2,(H,23,24,25);1H3. The van der Waals surface area contributed by atoms with Gasteiger partial charge < -0.3 is 14.9 Å². The van der Waals surface area contributed by atoms with E-state index in [9.17, 15) is 5.26 Å². The molecular formula is C20H18BrN7O. The average Bonchev–Trinajstić information content (AvgIpc) is 3.30. The molecule has 0 saturated carbocycles. The number of nitriles is 1. The monoisotopic (exact) mass is 451 g/mol. The first-order valence-corrected chi connectivity index (χ1v) is 9.81. The van der Waals surface area contributed by atoms with Crippen molar-refractivity contribution in [2.45, 2.75) is 12.0 Å². The number of H-pyrrole nitrogens is 1. The Morgan fingerprint density at radius 3 is 2.79 bits per heavy atom. The van der Waals surface area contributed by atoms with Gasteiger partial charge in [0.1, 0.15) is 12.0 Å². The molecule has 9 heteroatoms. The molecule has 5 rings (SSSR count). The van der Waals surface area contributed by atoms with Crippen LogP contribution in [-0.2, 0) is 5.54 Å². The summed E-state index contributed by atoms with van der Waals surface area (Å²) >= 11 is 3.59. The molecule has 146 valence electrons. The van der Waals surface area contributed by atoms with Crippen LogP contribution in [0.2, 0.25) is 0 Å². The maximum absolute atomic E-state index is 9.37. The number of nitrogens with one attached hydrogen (secondary N) is 2. The summed E-state index contributed by atoms with van der Waals surface area (Å²) in [5, 5.41) is 17.1. The van der Waals surface area contributed by atoms with Gasteiger partial charge in [-0.1, -0.05) is 27.2 Å². The van der Waals surface area contributed by atoms with Crippen molar-refractivity contribution in [2.24, 2.45) is 5.18 Å². The van der Waals surface area contributed by atoms with Crippen LogP contribution in [0.15, 0.2) is 52.6 Å². The Hall–Kier alpha value is -3.09. The van der Waals surface area contributed by atoms with Gasteiger partial charge >= 0.3 is 0 Å². The average molecular weight is 452 g/mol. The molecule has 0 radical (unpaired) electrons. The molecule has 0 bridgehead atoms. The van der Waals surface area contributed by atoms with Crippen molar-refractivity contribution in [3.05, 3.63) is 52.4 Å². The van der Waals surface area contributed by atoms with E-state index in [0.717, 1.165) is 50.8 Å². The van der Waals surface area contributed by atoms with Crippen LogP contribution in [-0.4, -0.2) is 39.7 Å². The molecule has 1 saturated heterocycles. The molecule has 8 nitrogen and oxygen atoms in total. The summed E-state index contributed by atoms with van der Waals surface area (Å²) in [4.78, 5) is 20.6. The molecule has 4 aromatic rings. The van der Waals surface area contributed by atoms with E-state index >= 15 is 0 Å². The topological polar surface area (TPSA) is 112 Å². The summed E-state index contributed by atoms with van der Waals surface area (Å²) in [5.74, 6) is 0. The second kappa shape index (κ2) is 7.73. The van der Waals surface area contributed by atoms with E-state index < -0.39 is 0 Å². The number of aromatic nitrogens is 4. The summed E-state index contributed by atoms with van der Waals surface area (Å²) in [6.07, 6.45) is 6.08. The second-order valence-corrected chi connectivity index (χ2v) is 7.80. The molecule has 2 N–H and O–H groups in total. The molecule has 3 aromatic heterocycles. The molecule has 1 aromatic carbocycles. The first-order chi connectivity index (χ1) is 14.1. The number of hydrogen-bond donors (Lipinski definition) is 2. The van der Waals surface area contributed by atoms with Crippen LogP contribution < -0.4 is 5.32 Å². The molecule has 1 aliphatic rings. The minimum absolute atomic E-state index is 0.212. The van der Waals surface area contributed by atoms with E-state index in [1.807, 2.05) is 18.3 Å². The van der Waals surface area contributed by atoms with Crippen molar-refractivity contribution in [3.8, 4) is 17.3 Å². The zero-order valence-electron chi connectivity index (χ0n) is 15.7. The second-order valence-electron chi connectivity index (χ2n) is 6.88. The van der Waals surface area contributed by atoms with E-state index in [1.54, 1.807) is 6.33 Å². The van der Waals surface area contributed by atoms with Gasteiger partial charge in [-0.3, -0.25) is 0 Å². The molecule has 0 amide bonds. The lowest BCUT2D eigenvalue weighted by Crippen LogP contribution is -2.60. The summed E-state index contributed by atoms with van der Waals surface area (Å²) in [5.41, 5.74) is 3.68. The highest BCUT2D eigenvalue weighted by atomic mass is 79.9. The van der Waals surface area contributed by atoms with Crippen molar-refractivity contribution in [3.63, 3.8) is 0 Å². The first kappa shape index (κ1) is 19.2. The minimum Gasteiger partial charge on any atom is -0.346 e. The summed E-state index contributed by atoms with van der Waals surface area (Å²) in [6, 6.07) is 10.6. The lowest BCUT2D eigenvalue weighted by molar-refractivity contribution is 0.187. The minimum atomic E-state index is -0.212. The Balaban J connectivity index is 0.000000645. The lowest BCUT2D eigenvalue weighted by atomic mass is 9.88. The van der Waals surface area contributed by atoms with E-state index in [4.69, 9.17) is 4.91 Å². The van der Waals surface area contributed by atoms with Crippen molar-refractivity contribution >= 4 is 37.9 Å². The highest BCUT2D eigenvalue weighted by Gasteiger charge is 2.40. The van der Waals surface area contributed by atoms with E-state index in [0.29, 0.717) is 6.42 Å². The van der Waals surface area contributed by atoms with Crippen LogP contribution in [0.4, 0.5) is 0 Å². The molecule has 1 aliphatic heterocycles. The van der Waals surface area contributed by atoms with Gasteiger partial charge in [-0.05, 0) is 18.2 Å². The molecule has 29 heavy (non-hydrogen) atoms. The van der Waals surface area contributed by atoms with E-state index in [-0.39, 0.29) is 5.54 Å². The van der Waals surface area contributed by atoms with Crippen molar-refractivity contribution in [1.82, 2.24) is 24.8 Å². The zero-order chi connectivity index (χ0) is 20.4. The van der Waals surface area contributed by atoms with Crippen LogP contribution in [0.3, 0.4) is 0 Å². The summed E-state index contributed by atoms with van der Waals surface area (Å²) in [6.45, 7) is 1.58. The van der Waals surface area contributed by atoms with Gasteiger partial charge in [0.25, 0.3) is 0 Å². The fourth-order valence-corrected chi connectivity index (χ4v) is 4.16. The number of nitroso groups, excluding NO2 is 1. The number of halogens is 1. The Morgan fingerprint density at radius 2 is 2.10 bits per heavy atom. The molecule has 4 heterocycles. The van der Waals surface area contributed by atoms with Gasteiger partial charge in [0.05, 0.1) is 36.3 Å². The van der Waals surface area contributed by atoms with Gasteiger partial charge in [-0.2, -0.15) is 10.2 Å². The first-order valence-electron chi connectivity index (χ1n) is 9.02. The number of nitrogens with zero attached hydrogens (tertiary/aromatic N) is 5. The predicted octanol–water partition coefficient (Wildman–Crippen LogP) is 3.94. The quantitative estimate of drug-likeness (QED) is 0.458. The number of hydrogen-bond acceptors (Lipinski definition) is 6. The number of aromatic amines is 1. The molecule has 0 unspecified atom stereocenters. The fraction of sp³-hybridized carbons (Fsp3) is 0.250. The molecule has 0 atom stereocenters. The maximum atomic E-state index is 9.37. The smallest absolute Gasteiger partial charge is 0.141 e. The lowest BCUT2D eigenvalue weighted by Gasteiger charge is -2.43. The summed E-state index contributed by atoms with van der Waals surface area (Å²) < 4.78 is 3.27. The largest absolute Gasteiger partial charge is 0.346 e. The van der Waals surface area contributed by atoms with Gasteiger partial charge in [-0.25, -0.2) is 9.97 Å². The maximum Gasteiger partial charge on any atom is 0.141 e. The number of fused-ring (bicyclic) bond motifs is 2. The van der Waals surface area contributed by atoms with Gasteiger partial charge in [0.15, 0.2) is 0 Å². The highest BCUT2D eigenvalue weighted by molar-refractivity contribution is 9.10. The molecular weight excluding hydrogens is 434 g/mol. The van der Waals surface area contributed by atoms with Crippen LogP contribution in [0.1, 0.15) is 6.42 Å². The molecule has 0 spiro atoms. The third-order valence-electron chi connectivity index (χ3n) is 5.20. The van der Waals surface area contributed by atoms with E-state index in [1.165, 1.54) is 7.05 Å². The Labute approximate surface area is 175 Å². The third-order valence-corrected chi connectivity index (χ3v) is 5.70. The Bertz CT molecular complexity index is 1230. The van der Waals surface area contributed by atoms with Gasteiger partial charge in [0.2, 0.25) is 0 Å². The Morgan fingerprint density at radius 1 is 1.31 bits per heavy atom. The van der Waals surface area contributed by atoms with Crippen LogP contribution in [0.25, 0.3) is 33.2 Å². The van der Waals surface area contributed by atoms with Crippen molar-refractivity contribution in [1.29, 1.82) is 5.26 Å². The highest BCUT2D eigenvalue weighted by Crippen LogP contribution is 2.39. The summed E-state index contributed by atoms with van der Waals surface area (Å²) in [7, 11) is 1.19. The van der Waals surface area contributed by atoms with E-state index in [2.05, 4.69) is 70.3 Å². The molecule has 0 aliphatic carbocycles. The normalized spacial score (nSPS) is 14.7. The van der Waals surface area contributed by atoms with Gasteiger partial charge in [0, 0.05) is 46.3 Å². The van der Waals surface area contributed by atoms with Crippen LogP contribution >= 0.6 is 15.9 Å². The van der Waals surface area contributed by atoms with Crippen molar-refractivity contribution < 1.29 is 0 Å². The third kappa shape index (κ3) is 3.20. The molecule has 1 fully saturated rings. The van der Waals surface area contributed by atoms with Crippen molar-refractivity contribution in [2.75, 3.05) is 20.1 Å². The van der Waals surface area contributed by atoms with Crippen LogP contribution in [0.5, 0.6) is 0 Å². The Kier molecular flexibility index (Phi) is 5.13. The zero-order valence-corrected chi connectivity index (χ0v) is 17.3. The SMILES string of the molecule is CN=O.N#CCC1(n2cc(-c3ncnc4[nH]ccc34)c3ccc(Br)cc32)CNC1. The fourth-order valence-electron chi connectivity index (χ4n) is 3.81. The number of rotatable bonds is 3.